The van der Waals surface area contributed by atoms with Crippen LogP contribution in [0.3, 0.4) is 0 Å². The van der Waals surface area contributed by atoms with E-state index in [1.807, 2.05) is 4.72 Å². The van der Waals surface area contributed by atoms with Crippen LogP contribution in [0.1, 0.15) is 79.1 Å². The number of benzene rings is 8. The van der Waals surface area contributed by atoms with Crippen LogP contribution in [0.2, 0.25) is 40.2 Å². The van der Waals surface area contributed by atoms with Gasteiger partial charge >= 0.3 is 47.7 Å². The summed E-state index contributed by atoms with van der Waals surface area (Å²) in [6, 6.07) is 31.3. The molecule has 0 amide bonds. The summed E-state index contributed by atoms with van der Waals surface area (Å²) in [6.07, 6.45) is -16.7. The standard InChI is InChI=1S/C22H16Cl2F3N3O6S.C22H14Cl2F3N3O6S.C20H10Cl2F3N3O5S.C14H10BrCl2F3N2O3S.C8H7NO3.CH4.ClH/c2*1-35-10-30(37(33,34)12-5-6-15(24)14(8-12)22(25,26)27)17-7-11(23)9-28-18(17)19(31)13-3-2-4-16-20(13)36-21(32)29-16;21-9-6-15(28-34(31,32)10-4-5-13(22)12(7-10)20(23,24)25)16(26-8-9)17(29)11-2-1-3-14-18(11)33-19(30)27-14;1-25-7-22(12-4-8(16)6-21-13(12)15)26(23,24)9-2-3-11(17)10(5-9)14(18,19)20;1-11-6-4-2-3-5-7(6)12-8(10)9-5;;/h2-9,19,31H,10H2,1H3,(H,29,32);2-9H,10H2,1H3,(H,29,32);1-8,28H,(H,27,30);2-6H,7H2,1H3;2-4H,1H3,(H,9,10);1H4;1H. The predicted molar refractivity (Wildman–Crippen MR) is 525 cm³/mol. The number of carbonyl (C=O) groups excluding carboxylic acids is 2. The number of anilines is 4. The monoisotopic (exact) mass is 2390 g/mol. The molecule has 6 N–H and O–H groups in total. The number of methoxy groups -OCH3 is 4. The predicted octanol–water partition coefficient (Wildman–Crippen LogP) is 21.6. The Labute approximate surface area is 878 Å². The number of aromatic nitrogens is 8. The Bertz CT molecular complexity index is 8500. The molecule has 61 heteroatoms. The number of nitrogens with one attached hydrogen (secondary N) is 5. The van der Waals surface area contributed by atoms with Crippen molar-refractivity contribution >= 4 is 240 Å². The summed E-state index contributed by atoms with van der Waals surface area (Å²) in [5, 5.41) is 8.46. The lowest BCUT2D eigenvalue weighted by molar-refractivity contribution is -0.138. The first-order valence-electron chi connectivity index (χ1n) is 39.5. The van der Waals surface area contributed by atoms with Gasteiger partial charge in [-0.3, -0.25) is 39.2 Å². The number of ketones is 2. The third-order valence-electron chi connectivity index (χ3n) is 19.6. The number of sulfonamides is 4. The van der Waals surface area contributed by atoms with Gasteiger partial charge in [0.25, 0.3) is 40.1 Å². The van der Waals surface area contributed by atoms with E-state index in [0.29, 0.717) is 49.7 Å². The number of oxazole rings is 4. The second kappa shape index (κ2) is 47.2. The molecule has 8 aromatic carbocycles. The van der Waals surface area contributed by atoms with Crippen LogP contribution in [0.5, 0.6) is 5.75 Å². The average Bonchev–Trinajstić information content (AvgIpc) is 1.35. The van der Waals surface area contributed by atoms with Gasteiger partial charge in [-0.2, -0.15) is 52.7 Å². The molecule has 0 saturated heterocycles. The summed E-state index contributed by atoms with van der Waals surface area (Å²) in [7, 11) is -13.6. The molecule has 0 radical (unpaired) electrons. The molecule has 0 spiro atoms. The van der Waals surface area contributed by atoms with Crippen LogP contribution < -0.4 is 45.4 Å². The molecule has 16 aromatic rings. The molecule has 0 aliphatic rings. The molecule has 148 heavy (non-hydrogen) atoms. The average molecular weight is 2400 g/mol. The van der Waals surface area contributed by atoms with E-state index in [4.69, 9.17) is 129 Å². The first-order chi connectivity index (χ1) is 68.3. The van der Waals surface area contributed by atoms with Gasteiger partial charge in [-0.1, -0.05) is 131 Å². The van der Waals surface area contributed by atoms with Crippen molar-refractivity contribution in [2.75, 3.05) is 66.3 Å². The summed E-state index contributed by atoms with van der Waals surface area (Å²) in [5.41, 5.74) is -6.16. The zero-order valence-electron chi connectivity index (χ0n) is 73.2. The number of aliphatic hydroxyl groups excluding tert-OH is 1. The Morgan fingerprint density at radius 3 is 1.14 bits per heavy atom. The molecular weight excluding hydrogens is 2340 g/mol. The first-order valence-corrected chi connectivity index (χ1v) is 49.1. The zero-order valence-corrected chi connectivity index (χ0v) is 84.9. The van der Waals surface area contributed by atoms with E-state index in [-0.39, 0.29) is 112 Å². The largest absolute Gasteiger partial charge is 0.493 e. The highest BCUT2D eigenvalue weighted by atomic mass is 79.9. The molecule has 0 fully saturated rings. The van der Waals surface area contributed by atoms with Crippen molar-refractivity contribution in [3.8, 4) is 5.75 Å². The molecule has 8 aromatic heterocycles. The molecule has 0 saturated carbocycles. The van der Waals surface area contributed by atoms with Gasteiger partial charge in [0.1, 0.15) is 42.3 Å². The Balaban J connectivity index is 0.000000194. The third-order valence-corrected chi connectivity index (χ3v) is 29.0. The Kier molecular flexibility index (Phi) is 37.5. The number of carbonyl (C=O) groups is 2. The minimum Gasteiger partial charge on any atom is -0.493 e. The quantitative estimate of drug-likeness (QED) is 0.0134. The molecule has 0 aliphatic heterocycles. The number of hydrogen-bond donors (Lipinski definition) is 6. The molecule has 1 unspecified atom stereocenters. The first kappa shape index (κ1) is 118. The van der Waals surface area contributed by atoms with E-state index in [1.165, 1.54) is 81.1 Å². The van der Waals surface area contributed by atoms with Crippen molar-refractivity contribution in [3.05, 3.63) is 338 Å². The fraction of sp³-hybridized carbons (Fsp3) is 0.149. The number of alkyl halides is 12. The van der Waals surface area contributed by atoms with E-state index in [2.05, 4.69) is 55.8 Å². The Morgan fingerprint density at radius 1 is 0.412 bits per heavy atom. The minimum absolute atomic E-state index is 0. The molecule has 0 bridgehead atoms. The number of nitrogens with zero attached hydrogens (tertiary/aromatic N) is 7. The van der Waals surface area contributed by atoms with Crippen molar-refractivity contribution < 1.29 is 138 Å². The van der Waals surface area contributed by atoms with E-state index < -0.39 is 210 Å². The molecule has 1 atom stereocenters. The van der Waals surface area contributed by atoms with Gasteiger partial charge < -0.3 is 41.7 Å². The summed E-state index contributed by atoms with van der Waals surface area (Å²) < 4.78 is 309. The molecule has 8 heterocycles. The van der Waals surface area contributed by atoms with Gasteiger partial charge in [-0.15, -0.1) is 12.4 Å². The van der Waals surface area contributed by atoms with Crippen LogP contribution in [-0.4, -0.2) is 139 Å². The van der Waals surface area contributed by atoms with Gasteiger partial charge in [-0.25, -0.2) is 80.7 Å². The zero-order chi connectivity index (χ0) is 107. The fourth-order valence-electron chi connectivity index (χ4n) is 13.2. The lowest BCUT2D eigenvalue weighted by Gasteiger charge is -2.27. The van der Waals surface area contributed by atoms with Crippen LogP contribution in [0.25, 0.3) is 44.4 Å². The van der Waals surface area contributed by atoms with Crippen molar-refractivity contribution in [1.29, 1.82) is 0 Å². The SMILES string of the molecule is C.COCN(c1cc(Cl)cnc1Br)S(=O)(=O)c1ccc(Cl)c(C(F)(F)F)c1.COCN(c1cc(Cl)cnc1C(=O)c1cccc2[nH]c(=O)oc12)S(=O)(=O)c1ccc(Cl)c(C(F)(F)F)c1.COCN(c1cc(Cl)cnc1C(O)c1cccc2[nH]c(=O)oc12)S(=O)(=O)c1ccc(Cl)c(C(F)(F)F)c1.COc1cccc2[nH]c(=O)oc12.Cl.O=C(c1ncc(Cl)cc1NS(=O)(=O)c1ccc(Cl)c(C(F)(F)F)c1)c1cccc2[nH]c(=O)oc12. The van der Waals surface area contributed by atoms with E-state index in [1.54, 1.807) is 18.2 Å². The summed E-state index contributed by atoms with van der Waals surface area (Å²) in [5.74, 6) is -4.03. The van der Waals surface area contributed by atoms with Crippen LogP contribution >= 0.6 is 121 Å². The number of rotatable bonds is 25. The highest BCUT2D eigenvalue weighted by Gasteiger charge is 2.43. The van der Waals surface area contributed by atoms with Crippen LogP contribution in [0, 0.1) is 0 Å². The maximum absolute atomic E-state index is 13.6. The Morgan fingerprint density at radius 2 is 0.730 bits per heavy atom. The number of aliphatic hydroxyl groups is 1. The number of fused-ring (bicyclic) bond motifs is 4. The van der Waals surface area contributed by atoms with Crippen LogP contribution in [0.15, 0.2) is 256 Å². The lowest BCUT2D eigenvalue weighted by atomic mass is 10.0. The number of H-pyrrole nitrogens is 4. The fourth-order valence-corrected chi connectivity index (χ4v) is 20.6. The highest BCUT2D eigenvalue weighted by molar-refractivity contribution is 9.10. The second-order valence-electron chi connectivity index (χ2n) is 29.1. The topological polar surface area (TPSA) is 485 Å². The number of hydrogen-bond acceptors (Lipinski definition) is 27. The van der Waals surface area contributed by atoms with Crippen LogP contribution in [-0.2, 0) is 79.0 Å². The maximum atomic E-state index is 13.6. The molecule has 35 nitrogen and oxygen atoms in total. The van der Waals surface area contributed by atoms with Crippen LogP contribution in [0.4, 0.5) is 75.4 Å². The van der Waals surface area contributed by atoms with Gasteiger partial charge in [0.05, 0.1) is 151 Å². The second-order valence-corrected chi connectivity index (χ2v) is 40.5. The minimum atomic E-state index is -4.94. The van der Waals surface area contributed by atoms with E-state index in [0.717, 1.165) is 104 Å². The normalized spacial score (nSPS) is 12.1. The summed E-state index contributed by atoms with van der Waals surface area (Å²) in [6.45, 7) is -1.89. The number of ether oxygens (including phenoxy) is 4. The van der Waals surface area contributed by atoms with Crippen molar-refractivity contribution in [1.82, 2.24) is 39.9 Å². The van der Waals surface area contributed by atoms with Gasteiger partial charge in [-0.05, 0) is 155 Å². The highest BCUT2D eigenvalue weighted by Crippen LogP contribution is 2.45. The third kappa shape index (κ3) is 26.6. The van der Waals surface area contributed by atoms with Crippen molar-refractivity contribution in [2.45, 2.75) is 57.8 Å². The van der Waals surface area contributed by atoms with Gasteiger partial charge in [0.15, 0.2) is 28.1 Å². The summed E-state index contributed by atoms with van der Waals surface area (Å²) >= 11 is 49.4. The Hall–Kier alpha value is -12.3. The molecule has 786 valence electrons. The van der Waals surface area contributed by atoms with Crippen molar-refractivity contribution in [3.63, 3.8) is 0 Å². The smallest absolute Gasteiger partial charge is 0.417 e. The number of aromatic amines is 4. The van der Waals surface area contributed by atoms with Gasteiger partial charge in [0.2, 0.25) is 11.6 Å². The number of para-hydroxylation sites is 4. The number of halogens is 22. The van der Waals surface area contributed by atoms with Crippen molar-refractivity contribution in [2.24, 2.45) is 0 Å². The lowest BCUT2D eigenvalue weighted by Crippen LogP contribution is -2.34. The molecule has 16 rings (SSSR count). The summed E-state index contributed by atoms with van der Waals surface area (Å²) in [4.78, 5) is 95.0. The van der Waals surface area contributed by atoms with E-state index >= 15 is 0 Å². The van der Waals surface area contributed by atoms with E-state index in [9.17, 15) is 120 Å². The molecular formula is C87H62BrCl9F12N12O23S4. The number of pyridine rings is 4. The van der Waals surface area contributed by atoms with Gasteiger partial charge in [0, 0.05) is 51.7 Å². The maximum Gasteiger partial charge on any atom is 0.417 e. The molecule has 0 aliphatic carbocycles.